The number of hydrogen-bond donors (Lipinski definition) is 1. The van der Waals surface area contributed by atoms with E-state index in [-0.39, 0.29) is 18.0 Å². The average molecular weight is 416 g/mol. The quantitative estimate of drug-likeness (QED) is 0.760. The van der Waals surface area contributed by atoms with Gasteiger partial charge in [-0.3, -0.25) is 9.78 Å². The first-order chi connectivity index (χ1) is 13.9. The molecule has 0 bridgehead atoms. The molecule has 10 heteroatoms. The second-order valence-corrected chi connectivity index (χ2v) is 7.69. The summed E-state index contributed by atoms with van der Waals surface area (Å²) in [7, 11) is 0.126. The molecule has 3 rings (SSSR count). The Hall–Kier alpha value is -3.40. The number of carbonyl (C=O) groups is 1. The van der Waals surface area contributed by atoms with Gasteiger partial charge >= 0.3 is 10.2 Å². The molecule has 0 unspecified atom stereocenters. The van der Waals surface area contributed by atoms with E-state index in [2.05, 4.69) is 14.7 Å². The maximum Gasteiger partial charge on any atom is 0.345 e. The Labute approximate surface area is 168 Å². The molecule has 29 heavy (non-hydrogen) atoms. The SMILES string of the molecule is COc1ccc(OC)c(C2=NS(=O)(=O)N(C)C(C(=O)NCc3cccnc3)=C2)c1. The summed E-state index contributed by atoms with van der Waals surface area (Å²) < 4.78 is 40.3. The van der Waals surface area contributed by atoms with E-state index in [1.807, 2.05) is 0 Å². The fourth-order valence-electron chi connectivity index (χ4n) is 2.68. The highest BCUT2D eigenvalue weighted by Crippen LogP contribution is 2.28. The normalized spacial score (nSPS) is 15.2. The van der Waals surface area contributed by atoms with Crippen LogP contribution in [0.15, 0.2) is 58.9 Å². The first-order valence-electron chi connectivity index (χ1n) is 8.55. The third kappa shape index (κ3) is 4.37. The summed E-state index contributed by atoms with van der Waals surface area (Å²) in [5.41, 5.74) is 1.18. The number of rotatable bonds is 6. The van der Waals surface area contributed by atoms with Gasteiger partial charge in [0, 0.05) is 31.5 Å². The number of carbonyl (C=O) groups excluding carboxylic acids is 1. The lowest BCUT2D eigenvalue weighted by molar-refractivity contribution is -0.118. The molecule has 2 heterocycles. The molecule has 1 aromatic carbocycles. The molecule has 152 valence electrons. The third-order valence-corrected chi connectivity index (χ3v) is 5.58. The number of methoxy groups -OCH3 is 2. The molecule has 0 spiro atoms. The molecule has 1 aromatic heterocycles. The Morgan fingerprint density at radius 2 is 2.00 bits per heavy atom. The number of pyridine rings is 1. The molecule has 1 amide bonds. The van der Waals surface area contributed by atoms with E-state index in [1.165, 1.54) is 27.3 Å². The zero-order valence-corrected chi connectivity index (χ0v) is 16.9. The van der Waals surface area contributed by atoms with Crippen molar-refractivity contribution in [1.82, 2.24) is 14.6 Å². The molecule has 1 aliphatic heterocycles. The molecule has 0 atom stereocenters. The van der Waals surface area contributed by atoms with Gasteiger partial charge in [0.2, 0.25) is 0 Å². The summed E-state index contributed by atoms with van der Waals surface area (Å²) in [5, 5.41) is 2.70. The summed E-state index contributed by atoms with van der Waals surface area (Å²) in [5.74, 6) is 0.334. The van der Waals surface area contributed by atoms with Crippen molar-refractivity contribution in [3.63, 3.8) is 0 Å². The Morgan fingerprint density at radius 1 is 1.21 bits per heavy atom. The molecule has 0 saturated heterocycles. The van der Waals surface area contributed by atoms with Crippen LogP contribution in [0.4, 0.5) is 0 Å². The smallest absolute Gasteiger partial charge is 0.345 e. The second kappa shape index (κ2) is 8.31. The minimum atomic E-state index is -4.10. The minimum Gasteiger partial charge on any atom is -0.497 e. The first kappa shape index (κ1) is 20.3. The highest BCUT2D eigenvalue weighted by Gasteiger charge is 2.30. The predicted octanol–water partition coefficient (Wildman–Crippen LogP) is 1.28. The number of allylic oxidation sites excluding steroid dienone is 1. The number of likely N-dealkylation sites (N-methyl/N-ethyl adjacent to an activating group) is 1. The lowest BCUT2D eigenvalue weighted by Crippen LogP contribution is -2.38. The van der Waals surface area contributed by atoms with Crippen LogP contribution in [-0.2, 0) is 21.5 Å². The molecule has 1 N–H and O–H groups in total. The highest BCUT2D eigenvalue weighted by molar-refractivity contribution is 7.88. The second-order valence-electron chi connectivity index (χ2n) is 6.06. The summed E-state index contributed by atoms with van der Waals surface area (Å²) in [6.45, 7) is 0.201. The van der Waals surface area contributed by atoms with E-state index in [0.29, 0.717) is 17.1 Å². The van der Waals surface area contributed by atoms with Crippen LogP contribution in [0.5, 0.6) is 11.5 Å². The van der Waals surface area contributed by atoms with Gasteiger partial charge in [-0.1, -0.05) is 6.07 Å². The number of benzene rings is 1. The van der Waals surface area contributed by atoms with Crippen LogP contribution in [0.3, 0.4) is 0 Å². The number of hydrogen-bond acceptors (Lipinski definition) is 6. The number of nitrogens with one attached hydrogen (secondary N) is 1. The number of aromatic nitrogens is 1. The summed E-state index contributed by atoms with van der Waals surface area (Å²) in [4.78, 5) is 16.7. The fourth-order valence-corrected chi connectivity index (χ4v) is 3.59. The van der Waals surface area contributed by atoms with E-state index < -0.39 is 16.1 Å². The molecule has 1 aliphatic rings. The minimum absolute atomic E-state index is 0.0660. The van der Waals surface area contributed by atoms with Crippen molar-refractivity contribution in [3.05, 3.63) is 65.6 Å². The van der Waals surface area contributed by atoms with E-state index in [9.17, 15) is 13.2 Å². The largest absolute Gasteiger partial charge is 0.497 e. The van der Waals surface area contributed by atoms with Gasteiger partial charge in [0.25, 0.3) is 5.91 Å². The zero-order chi connectivity index (χ0) is 21.0. The molecule has 9 nitrogen and oxygen atoms in total. The van der Waals surface area contributed by atoms with Gasteiger partial charge in [0.15, 0.2) is 0 Å². The number of ether oxygens (including phenoxy) is 2. The van der Waals surface area contributed by atoms with Crippen LogP contribution in [0.25, 0.3) is 0 Å². The Kier molecular flexibility index (Phi) is 5.83. The summed E-state index contributed by atoms with van der Waals surface area (Å²) in [6, 6.07) is 8.46. The maximum atomic E-state index is 12.7. The molecule has 2 aromatic rings. The lowest BCUT2D eigenvalue weighted by atomic mass is 10.1. The van der Waals surface area contributed by atoms with E-state index >= 15 is 0 Å². The van der Waals surface area contributed by atoms with Crippen LogP contribution < -0.4 is 14.8 Å². The fraction of sp³-hybridized carbons (Fsp3) is 0.211. The van der Waals surface area contributed by atoms with E-state index in [1.54, 1.807) is 42.7 Å². The van der Waals surface area contributed by atoms with Crippen molar-refractivity contribution in [3.8, 4) is 11.5 Å². The standard InChI is InChI=1S/C19H20N4O5S/c1-23-17(19(24)21-12-13-5-4-8-20-11-13)10-16(22-29(23,25)26)15-9-14(27-2)6-7-18(15)28-3/h4-11H,12H2,1-3H3,(H,21,24). The molecule has 0 saturated carbocycles. The number of amides is 1. The summed E-state index contributed by atoms with van der Waals surface area (Å²) in [6.07, 6.45) is 4.64. The van der Waals surface area contributed by atoms with Gasteiger partial charge in [-0.15, -0.1) is 4.40 Å². The van der Waals surface area contributed by atoms with Crippen molar-refractivity contribution >= 4 is 21.8 Å². The van der Waals surface area contributed by atoms with Gasteiger partial charge in [0.1, 0.15) is 17.2 Å². The van der Waals surface area contributed by atoms with Gasteiger partial charge < -0.3 is 14.8 Å². The molecular weight excluding hydrogens is 396 g/mol. The van der Waals surface area contributed by atoms with Gasteiger partial charge in [-0.05, 0) is 35.9 Å². The average Bonchev–Trinajstić information content (AvgIpc) is 2.74. The first-order valence-corrected chi connectivity index (χ1v) is 9.95. The Balaban J connectivity index is 1.96. The number of nitrogens with zero attached hydrogens (tertiary/aromatic N) is 3. The Bertz CT molecular complexity index is 1080. The summed E-state index contributed by atoms with van der Waals surface area (Å²) >= 11 is 0. The zero-order valence-electron chi connectivity index (χ0n) is 16.1. The third-order valence-electron chi connectivity index (χ3n) is 4.26. The molecular formula is C19H20N4O5S. The van der Waals surface area contributed by atoms with Crippen molar-refractivity contribution in [2.45, 2.75) is 6.54 Å². The monoisotopic (exact) mass is 416 g/mol. The molecule has 0 fully saturated rings. The maximum absolute atomic E-state index is 12.7. The van der Waals surface area contributed by atoms with Crippen molar-refractivity contribution in [2.24, 2.45) is 4.40 Å². The van der Waals surface area contributed by atoms with Crippen molar-refractivity contribution < 1.29 is 22.7 Å². The van der Waals surface area contributed by atoms with Crippen LogP contribution >= 0.6 is 0 Å². The highest BCUT2D eigenvalue weighted by atomic mass is 32.2. The van der Waals surface area contributed by atoms with E-state index in [4.69, 9.17) is 9.47 Å². The molecule has 0 radical (unpaired) electrons. The van der Waals surface area contributed by atoms with Gasteiger partial charge in [-0.2, -0.15) is 8.42 Å². The van der Waals surface area contributed by atoms with Crippen LogP contribution in [-0.4, -0.2) is 50.6 Å². The lowest BCUT2D eigenvalue weighted by Gasteiger charge is -2.24. The van der Waals surface area contributed by atoms with Crippen LogP contribution in [0, 0.1) is 0 Å². The van der Waals surface area contributed by atoms with Crippen LogP contribution in [0.2, 0.25) is 0 Å². The molecule has 0 aliphatic carbocycles. The Morgan fingerprint density at radius 3 is 2.66 bits per heavy atom. The van der Waals surface area contributed by atoms with Crippen LogP contribution in [0.1, 0.15) is 11.1 Å². The van der Waals surface area contributed by atoms with Crippen molar-refractivity contribution in [2.75, 3.05) is 21.3 Å². The van der Waals surface area contributed by atoms with Gasteiger partial charge in [-0.25, -0.2) is 4.31 Å². The van der Waals surface area contributed by atoms with Crippen molar-refractivity contribution in [1.29, 1.82) is 0 Å². The topological polar surface area (TPSA) is 110 Å². The predicted molar refractivity (Wildman–Crippen MR) is 107 cm³/mol. The van der Waals surface area contributed by atoms with E-state index in [0.717, 1.165) is 9.87 Å². The van der Waals surface area contributed by atoms with Gasteiger partial charge in [0.05, 0.1) is 19.9 Å².